The number of hydrogen-bond donors (Lipinski definition) is 0. The van der Waals surface area contributed by atoms with E-state index in [2.05, 4.69) is 111 Å². The van der Waals surface area contributed by atoms with E-state index in [0.717, 1.165) is 0 Å². The Morgan fingerprint density at radius 3 is 0.478 bits per heavy atom. The average Bonchev–Trinajstić information content (AvgIpc) is 2.24. The van der Waals surface area contributed by atoms with Crippen molar-refractivity contribution in [2.75, 3.05) is 0 Å². The van der Waals surface area contributed by atoms with E-state index in [0.29, 0.717) is 0 Å². The fourth-order valence-electron chi connectivity index (χ4n) is 4.22. The molecule has 0 aromatic rings. The molecule has 0 nitrogen and oxygen atoms in total. The van der Waals surface area contributed by atoms with Crippen LogP contribution in [-0.4, -0.2) is 0 Å². The minimum Gasteiger partial charge on any atom is -0.0596 e. The van der Waals surface area contributed by atoms with Crippen molar-refractivity contribution in [1.82, 2.24) is 0 Å². The summed E-state index contributed by atoms with van der Waals surface area (Å²) >= 11 is 0. The Balaban J connectivity index is 6.37. The van der Waals surface area contributed by atoms with Crippen LogP contribution in [-0.2, 0) is 0 Å². The molecule has 0 aromatic heterocycles. The molecule has 0 atom stereocenters. The monoisotopic (exact) mass is 324 g/mol. The lowest BCUT2D eigenvalue weighted by atomic mass is 9.37. The first-order valence-corrected chi connectivity index (χ1v) is 9.50. The zero-order valence-corrected chi connectivity index (χ0v) is 19.5. The van der Waals surface area contributed by atoms with Crippen molar-refractivity contribution < 1.29 is 0 Å². The standard InChI is InChI=1S/C23H48/c1-17(2,3)19(7,8)21(11,12)23(15,16)22(13,14)20(9,10)18(4,5)6/h1-16H3. The summed E-state index contributed by atoms with van der Waals surface area (Å²) in [6, 6.07) is 0. The Kier molecular flexibility index (Phi) is 5.50. The highest BCUT2D eigenvalue weighted by Crippen LogP contribution is 2.69. The summed E-state index contributed by atoms with van der Waals surface area (Å²) in [4.78, 5) is 0. The van der Waals surface area contributed by atoms with Crippen molar-refractivity contribution in [2.24, 2.45) is 37.9 Å². The highest BCUT2D eigenvalue weighted by Gasteiger charge is 2.62. The third-order valence-corrected chi connectivity index (χ3v) is 10.0. The Morgan fingerprint density at radius 2 is 0.348 bits per heavy atom. The Morgan fingerprint density at radius 1 is 0.217 bits per heavy atom. The molecule has 0 saturated carbocycles. The quantitative estimate of drug-likeness (QED) is 0.488. The van der Waals surface area contributed by atoms with Crippen LogP contribution >= 0.6 is 0 Å². The van der Waals surface area contributed by atoms with Gasteiger partial charge in [-0.25, -0.2) is 0 Å². The Hall–Kier alpha value is 0. The molecule has 0 radical (unpaired) electrons. The fraction of sp³-hybridized carbons (Fsp3) is 1.00. The van der Waals surface area contributed by atoms with Crippen LogP contribution in [0.1, 0.15) is 111 Å². The second-order valence-corrected chi connectivity index (χ2v) is 12.6. The van der Waals surface area contributed by atoms with Crippen LogP contribution in [0.5, 0.6) is 0 Å². The van der Waals surface area contributed by atoms with Gasteiger partial charge in [-0.1, -0.05) is 111 Å². The lowest BCUT2D eigenvalue weighted by Crippen LogP contribution is -2.61. The van der Waals surface area contributed by atoms with E-state index in [-0.39, 0.29) is 37.9 Å². The van der Waals surface area contributed by atoms with Gasteiger partial charge < -0.3 is 0 Å². The van der Waals surface area contributed by atoms with Gasteiger partial charge in [-0.05, 0) is 37.9 Å². The van der Waals surface area contributed by atoms with Crippen molar-refractivity contribution in [2.45, 2.75) is 111 Å². The second kappa shape index (κ2) is 5.50. The number of hydrogen-bond acceptors (Lipinski definition) is 0. The molecule has 0 aliphatic rings. The molecule has 0 rings (SSSR count). The van der Waals surface area contributed by atoms with Crippen LogP contribution in [0.4, 0.5) is 0 Å². The molecule has 0 heteroatoms. The van der Waals surface area contributed by atoms with Gasteiger partial charge in [0, 0.05) is 0 Å². The molecule has 0 unspecified atom stereocenters. The van der Waals surface area contributed by atoms with E-state index in [1.54, 1.807) is 0 Å². The summed E-state index contributed by atoms with van der Waals surface area (Å²) in [6.07, 6.45) is 0. The molecule has 0 saturated heterocycles. The molecule has 23 heavy (non-hydrogen) atoms. The third kappa shape index (κ3) is 3.02. The van der Waals surface area contributed by atoms with E-state index in [1.165, 1.54) is 0 Å². The Bertz CT molecular complexity index is 374. The number of rotatable bonds is 4. The van der Waals surface area contributed by atoms with Crippen LogP contribution in [0.15, 0.2) is 0 Å². The molecular weight excluding hydrogens is 276 g/mol. The van der Waals surface area contributed by atoms with Crippen LogP contribution in [0.3, 0.4) is 0 Å². The summed E-state index contributed by atoms with van der Waals surface area (Å²) in [5.74, 6) is 0. The minimum atomic E-state index is 0.174. The summed E-state index contributed by atoms with van der Waals surface area (Å²) in [7, 11) is 0. The maximum absolute atomic E-state index is 2.51. The molecule has 0 spiro atoms. The molecule has 0 fully saturated rings. The third-order valence-electron chi connectivity index (χ3n) is 10.0. The van der Waals surface area contributed by atoms with Gasteiger partial charge in [-0.3, -0.25) is 0 Å². The van der Waals surface area contributed by atoms with Crippen LogP contribution < -0.4 is 0 Å². The van der Waals surface area contributed by atoms with E-state index >= 15 is 0 Å². The van der Waals surface area contributed by atoms with Gasteiger partial charge in [0.1, 0.15) is 0 Å². The molecule has 0 heterocycles. The van der Waals surface area contributed by atoms with Crippen molar-refractivity contribution in [3.63, 3.8) is 0 Å². The van der Waals surface area contributed by atoms with E-state index < -0.39 is 0 Å². The molecule has 0 aromatic carbocycles. The van der Waals surface area contributed by atoms with Crippen molar-refractivity contribution >= 4 is 0 Å². The van der Waals surface area contributed by atoms with Crippen LogP contribution in [0, 0.1) is 37.9 Å². The second-order valence-electron chi connectivity index (χ2n) is 12.6. The van der Waals surface area contributed by atoms with Crippen LogP contribution in [0.25, 0.3) is 0 Å². The first kappa shape index (κ1) is 23.0. The van der Waals surface area contributed by atoms with Gasteiger partial charge in [0.2, 0.25) is 0 Å². The molecule has 0 N–H and O–H groups in total. The zero-order chi connectivity index (χ0) is 19.5. The highest BCUT2D eigenvalue weighted by atomic mass is 14.7. The van der Waals surface area contributed by atoms with Gasteiger partial charge in [0.05, 0.1) is 0 Å². The van der Waals surface area contributed by atoms with Gasteiger partial charge in [0.15, 0.2) is 0 Å². The summed E-state index contributed by atoms with van der Waals surface area (Å²) < 4.78 is 0. The average molecular weight is 325 g/mol. The van der Waals surface area contributed by atoms with E-state index in [1.807, 2.05) is 0 Å². The molecule has 0 bridgehead atoms. The maximum atomic E-state index is 2.51. The highest BCUT2D eigenvalue weighted by molar-refractivity contribution is 5.10. The van der Waals surface area contributed by atoms with Gasteiger partial charge in [0.25, 0.3) is 0 Å². The fourth-order valence-corrected chi connectivity index (χ4v) is 4.22. The lowest BCUT2D eigenvalue weighted by molar-refractivity contribution is -0.190. The first-order valence-electron chi connectivity index (χ1n) is 9.50. The topological polar surface area (TPSA) is 0 Å². The Labute approximate surface area is 149 Å². The van der Waals surface area contributed by atoms with Crippen LogP contribution in [0.2, 0.25) is 0 Å². The van der Waals surface area contributed by atoms with Crippen molar-refractivity contribution in [1.29, 1.82) is 0 Å². The molecular formula is C23H48. The molecule has 0 amide bonds. The van der Waals surface area contributed by atoms with Crippen molar-refractivity contribution in [3.05, 3.63) is 0 Å². The molecule has 0 aliphatic heterocycles. The minimum absolute atomic E-state index is 0.174. The van der Waals surface area contributed by atoms with Gasteiger partial charge in [-0.15, -0.1) is 0 Å². The summed E-state index contributed by atoms with van der Waals surface area (Å²) in [5, 5.41) is 0. The smallest absolute Gasteiger partial charge is 0.0241 e. The maximum Gasteiger partial charge on any atom is -0.0241 e. The summed E-state index contributed by atoms with van der Waals surface area (Å²) in [6.45, 7) is 39.3. The van der Waals surface area contributed by atoms with E-state index in [9.17, 15) is 0 Å². The normalized spacial score (nSPS) is 16.7. The largest absolute Gasteiger partial charge is 0.0596 e. The predicted molar refractivity (Wildman–Crippen MR) is 108 cm³/mol. The zero-order valence-electron chi connectivity index (χ0n) is 19.5. The van der Waals surface area contributed by atoms with Gasteiger partial charge >= 0.3 is 0 Å². The summed E-state index contributed by atoms with van der Waals surface area (Å²) in [5.41, 5.74) is 1.50. The molecule has 140 valence electrons. The SMILES string of the molecule is CC(C)(C)C(C)(C)C(C)(C)C(C)(C)C(C)(C)C(C)(C)C(C)(C)C. The van der Waals surface area contributed by atoms with E-state index in [4.69, 9.17) is 0 Å². The molecule has 0 aliphatic carbocycles. The van der Waals surface area contributed by atoms with Crippen molar-refractivity contribution in [3.8, 4) is 0 Å². The van der Waals surface area contributed by atoms with Gasteiger partial charge in [-0.2, -0.15) is 0 Å². The lowest BCUT2D eigenvalue weighted by Gasteiger charge is -2.67. The predicted octanol–water partition coefficient (Wildman–Crippen LogP) is 8.21. The first-order chi connectivity index (χ1) is 9.50.